The zero-order valence-corrected chi connectivity index (χ0v) is 24.2. The number of carbonyl (C=O) groups excluding carboxylic acids is 1. The van der Waals surface area contributed by atoms with Crippen molar-refractivity contribution in [1.82, 2.24) is 4.90 Å². The van der Waals surface area contributed by atoms with Crippen molar-refractivity contribution in [3.8, 4) is 0 Å². The first-order valence-corrected chi connectivity index (χ1v) is 16.7. The lowest BCUT2D eigenvalue weighted by molar-refractivity contribution is -0.207. The Hall–Kier alpha value is -0.740. The van der Waals surface area contributed by atoms with E-state index in [2.05, 4.69) is 20.8 Å². The van der Waals surface area contributed by atoms with Crippen molar-refractivity contribution in [2.24, 2.45) is 46.3 Å². The molecule has 5 fully saturated rings. The molecule has 0 bridgehead atoms. The zero-order valence-electron chi connectivity index (χ0n) is 23.3. The molecule has 8 nitrogen and oxygen atoms in total. The molecule has 0 aromatic heterocycles. The van der Waals surface area contributed by atoms with Crippen LogP contribution in [0.3, 0.4) is 0 Å². The lowest BCUT2D eigenvalue weighted by Crippen LogP contribution is -2.62. The first-order valence-electron chi connectivity index (χ1n) is 15.0. The average Bonchev–Trinajstić information content (AvgIpc) is 3.43. The smallest absolute Gasteiger partial charge is 0.266 e. The maximum Gasteiger partial charge on any atom is 0.266 e. The fourth-order valence-corrected chi connectivity index (χ4v) is 11.2. The third-order valence-corrected chi connectivity index (χ3v) is 13.2. The van der Waals surface area contributed by atoms with E-state index in [-0.39, 0.29) is 52.4 Å². The molecule has 12 atom stereocenters. The fraction of sp³-hybridized carbons (Fsp3) is 0.966. The second kappa shape index (κ2) is 10.3. The number of hydrogen-bond donors (Lipinski definition) is 4. The Balaban J connectivity index is 1.27. The SMILES string of the molecule is C[C@H](CCC(=O)N1CCC[C@@H]1CS(=O)(=O)O)[C@H]1CC[C@H]2[C@@H]3[C@H](O)C[C@@H]4C[C@H](O)CC[C@]4(C)[C@H]3C[C@H](O)[C@]12C. The number of fused-ring (bicyclic) bond motifs is 5. The standard InChI is InChI=1S/C29H49NO7S/c1-17(6-9-26(34)30-12-4-5-19(30)16-38(35,36)37)21-7-8-22-27-23(15-25(33)29(21,22)3)28(2)11-10-20(31)13-18(28)14-24(27)32/h17-25,27,31-33H,4-16H2,1-3H3,(H,35,36,37)/t17-,18+,19-,20-,21-,22+,23+,24-,25+,27+,28+,29-/m1/s1. The van der Waals surface area contributed by atoms with Gasteiger partial charge in [0.15, 0.2) is 0 Å². The third-order valence-electron chi connectivity index (χ3n) is 12.4. The maximum absolute atomic E-state index is 13.1. The van der Waals surface area contributed by atoms with Gasteiger partial charge in [-0.3, -0.25) is 9.35 Å². The lowest BCUT2D eigenvalue weighted by atomic mass is 9.43. The van der Waals surface area contributed by atoms with Crippen molar-refractivity contribution in [2.45, 2.75) is 116 Å². The molecule has 1 amide bonds. The van der Waals surface area contributed by atoms with Crippen molar-refractivity contribution >= 4 is 16.0 Å². The zero-order chi connectivity index (χ0) is 27.6. The van der Waals surface area contributed by atoms with Crippen LogP contribution in [0.4, 0.5) is 0 Å². The van der Waals surface area contributed by atoms with Crippen LogP contribution in [-0.4, -0.2) is 75.7 Å². The molecular formula is C29H49NO7S. The first-order chi connectivity index (χ1) is 17.8. The van der Waals surface area contributed by atoms with Crippen molar-refractivity contribution in [3.05, 3.63) is 0 Å². The number of likely N-dealkylation sites (tertiary alicyclic amines) is 1. The number of aliphatic hydroxyl groups is 3. The molecule has 5 rings (SSSR count). The Morgan fingerprint density at radius 1 is 1.03 bits per heavy atom. The summed E-state index contributed by atoms with van der Waals surface area (Å²) >= 11 is 0. The summed E-state index contributed by atoms with van der Waals surface area (Å²) in [5.41, 5.74) is -0.251. The Labute approximate surface area is 228 Å². The number of nitrogens with zero attached hydrogens (tertiary/aromatic N) is 1. The summed E-state index contributed by atoms with van der Waals surface area (Å²) < 4.78 is 32.1. The van der Waals surface area contributed by atoms with Crippen LogP contribution in [0.15, 0.2) is 0 Å². The molecule has 0 spiro atoms. The van der Waals surface area contributed by atoms with Crippen LogP contribution in [0.2, 0.25) is 0 Å². The number of aliphatic hydroxyl groups excluding tert-OH is 3. The van der Waals surface area contributed by atoms with Crippen molar-refractivity contribution < 1.29 is 33.1 Å². The minimum atomic E-state index is -4.13. The molecule has 1 heterocycles. The molecular weight excluding hydrogens is 506 g/mol. The Kier molecular flexibility index (Phi) is 7.78. The van der Waals surface area contributed by atoms with Crippen LogP contribution in [-0.2, 0) is 14.9 Å². The normalized spacial score (nSPS) is 47.8. The van der Waals surface area contributed by atoms with Gasteiger partial charge in [0.2, 0.25) is 5.91 Å². The molecule has 4 saturated carbocycles. The molecule has 5 aliphatic rings. The molecule has 4 aliphatic carbocycles. The quantitative estimate of drug-likeness (QED) is 0.370. The summed E-state index contributed by atoms with van der Waals surface area (Å²) in [6, 6.07) is -0.447. The third kappa shape index (κ3) is 4.86. The molecule has 218 valence electrons. The summed E-state index contributed by atoms with van der Waals surface area (Å²) in [5, 5.41) is 33.5. The predicted octanol–water partition coefficient (Wildman–Crippen LogP) is 3.24. The van der Waals surface area contributed by atoms with Crippen LogP contribution in [0.25, 0.3) is 0 Å². The second-order valence-electron chi connectivity index (χ2n) is 14.2. The van der Waals surface area contributed by atoms with E-state index in [4.69, 9.17) is 0 Å². The molecule has 9 heteroatoms. The molecule has 0 radical (unpaired) electrons. The number of amides is 1. The summed E-state index contributed by atoms with van der Waals surface area (Å²) in [6.07, 6.45) is 7.17. The number of rotatable bonds is 6. The highest BCUT2D eigenvalue weighted by atomic mass is 32.2. The highest BCUT2D eigenvalue weighted by Gasteiger charge is 2.65. The van der Waals surface area contributed by atoms with Crippen molar-refractivity contribution in [3.63, 3.8) is 0 Å². The van der Waals surface area contributed by atoms with Gasteiger partial charge in [-0.1, -0.05) is 20.8 Å². The van der Waals surface area contributed by atoms with E-state index < -0.39 is 34.1 Å². The molecule has 1 saturated heterocycles. The Morgan fingerprint density at radius 3 is 2.47 bits per heavy atom. The van der Waals surface area contributed by atoms with E-state index in [0.29, 0.717) is 38.1 Å². The fourth-order valence-electron chi connectivity index (χ4n) is 10.4. The van der Waals surface area contributed by atoms with Crippen LogP contribution in [0.1, 0.15) is 91.4 Å². The topological polar surface area (TPSA) is 135 Å². The van der Waals surface area contributed by atoms with E-state index >= 15 is 0 Å². The van der Waals surface area contributed by atoms with E-state index in [9.17, 15) is 33.1 Å². The molecule has 4 N–H and O–H groups in total. The minimum absolute atomic E-state index is 0.0480. The van der Waals surface area contributed by atoms with E-state index in [1.54, 1.807) is 4.90 Å². The average molecular weight is 556 g/mol. The van der Waals surface area contributed by atoms with Gasteiger partial charge in [0.25, 0.3) is 10.1 Å². The van der Waals surface area contributed by atoms with Crippen molar-refractivity contribution in [1.29, 1.82) is 0 Å². The van der Waals surface area contributed by atoms with Gasteiger partial charge in [-0.15, -0.1) is 0 Å². The summed E-state index contributed by atoms with van der Waals surface area (Å²) in [7, 11) is -4.13. The number of carbonyl (C=O) groups is 1. The summed E-state index contributed by atoms with van der Waals surface area (Å²) in [6.45, 7) is 7.29. The van der Waals surface area contributed by atoms with Gasteiger partial charge in [0.05, 0.1) is 24.1 Å². The van der Waals surface area contributed by atoms with E-state index in [1.807, 2.05) is 0 Å². The van der Waals surface area contributed by atoms with Crippen molar-refractivity contribution in [2.75, 3.05) is 12.3 Å². The minimum Gasteiger partial charge on any atom is -0.393 e. The number of hydrogen-bond acceptors (Lipinski definition) is 6. The Morgan fingerprint density at radius 2 is 1.76 bits per heavy atom. The van der Waals surface area contributed by atoms with Gasteiger partial charge in [0, 0.05) is 19.0 Å². The van der Waals surface area contributed by atoms with E-state index in [0.717, 1.165) is 44.9 Å². The molecule has 0 aromatic rings. The Bertz CT molecular complexity index is 1000. The van der Waals surface area contributed by atoms with Gasteiger partial charge >= 0.3 is 0 Å². The largest absolute Gasteiger partial charge is 0.393 e. The molecule has 0 aromatic carbocycles. The predicted molar refractivity (Wildman–Crippen MR) is 144 cm³/mol. The first kappa shape index (κ1) is 28.8. The van der Waals surface area contributed by atoms with Gasteiger partial charge < -0.3 is 20.2 Å². The van der Waals surface area contributed by atoms with Gasteiger partial charge in [-0.05, 0) is 111 Å². The summed E-state index contributed by atoms with van der Waals surface area (Å²) in [4.78, 5) is 14.7. The maximum atomic E-state index is 13.1. The lowest BCUT2D eigenvalue weighted by Gasteiger charge is -2.63. The second-order valence-corrected chi connectivity index (χ2v) is 15.7. The van der Waals surface area contributed by atoms with Gasteiger partial charge in [-0.2, -0.15) is 8.42 Å². The highest BCUT2D eigenvalue weighted by Crippen LogP contribution is 2.68. The van der Waals surface area contributed by atoms with Crippen LogP contribution >= 0.6 is 0 Å². The van der Waals surface area contributed by atoms with Crippen LogP contribution < -0.4 is 0 Å². The highest BCUT2D eigenvalue weighted by molar-refractivity contribution is 7.85. The van der Waals surface area contributed by atoms with E-state index in [1.165, 1.54) is 0 Å². The summed E-state index contributed by atoms with van der Waals surface area (Å²) in [5.74, 6) is 1.02. The molecule has 1 aliphatic heterocycles. The molecule has 38 heavy (non-hydrogen) atoms. The van der Waals surface area contributed by atoms with Gasteiger partial charge in [-0.25, -0.2) is 0 Å². The van der Waals surface area contributed by atoms with Gasteiger partial charge in [0.1, 0.15) is 0 Å². The van der Waals surface area contributed by atoms with Crippen LogP contribution in [0.5, 0.6) is 0 Å². The van der Waals surface area contributed by atoms with Crippen LogP contribution in [0, 0.1) is 46.3 Å². The molecule has 0 unspecified atom stereocenters. The monoisotopic (exact) mass is 555 g/mol.